The Morgan fingerprint density at radius 3 is 2.48 bits per heavy atom. The number of nitrogens with zero attached hydrogens (tertiary/aromatic N) is 3. The van der Waals surface area contributed by atoms with Gasteiger partial charge in [-0.25, -0.2) is 4.98 Å². The normalized spacial score (nSPS) is 15.6. The van der Waals surface area contributed by atoms with E-state index in [1.54, 1.807) is 0 Å². The number of hydrazone groups is 1. The Labute approximate surface area is 180 Å². The molecule has 0 fully saturated rings. The maximum Gasteiger partial charge on any atom is 0.243 e. The van der Waals surface area contributed by atoms with Crippen molar-refractivity contribution in [1.29, 1.82) is 0 Å². The minimum atomic E-state index is -0.598. The average molecular weight is 407 g/mol. The molecule has 0 N–H and O–H groups in total. The van der Waals surface area contributed by atoms with Gasteiger partial charge in [0.2, 0.25) is 18.0 Å². The van der Waals surface area contributed by atoms with Gasteiger partial charge in [-0.15, -0.1) is 5.10 Å². The standard InChI is InChI=1S/C26H21N3O2/c1-17-9-8-12-20(15-17)26-29(18(2)30)28-25(31-26)22-16-24(19-10-4-3-5-11-19)27-23-14-7-6-13-21(22)23/h3-16,26H,1-2H3. The maximum absolute atomic E-state index is 12.4. The number of carbonyl (C=O) groups is 1. The molecular formula is C26H21N3O2. The van der Waals surface area contributed by atoms with E-state index in [9.17, 15) is 4.79 Å². The second kappa shape index (κ2) is 7.69. The van der Waals surface area contributed by atoms with E-state index in [1.807, 2.05) is 91.9 Å². The SMILES string of the molecule is CC(=O)N1N=C(c2cc(-c3ccccc3)nc3ccccc23)OC1c1cccc(C)c1. The van der Waals surface area contributed by atoms with Gasteiger partial charge in [0.1, 0.15) is 0 Å². The fourth-order valence-corrected chi connectivity index (χ4v) is 3.82. The van der Waals surface area contributed by atoms with Crippen LogP contribution in [0.4, 0.5) is 0 Å². The van der Waals surface area contributed by atoms with E-state index in [4.69, 9.17) is 9.72 Å². The summed E-state index contributed by atoms with van der Waals surface area (Å²) in [5.41, 5.74) is 5.47. The van der Waals surface area contributed by atoms with Crippen LogP contribution in [0, 0.1) is 6.92 Å². The van der Waals surface area contributed by atoms with E-state index >= 15 is 0 Å². The minimum absolute atomic E-state index is 0.178. The molecule has 5 heteroatoms. The van der Waals surface area contributed by atoms with Crippen molar-refractivity contribution in [3.05, 3.63) is 102 Å². The van der Waals surface area contributed by atoms with Crippen molar-refractivity contribution in [2.75, 3.05) is 0 Å². The topological polar surface area (TPSA) is 54.8 Å². The lowest BCUT2D eigenvalue weighted by molar-refractivity contribution is -0.135. The quantitative estimate of drug-likeness (QED) is 0.454. The monoisotopic (exact) mass is 407 g/mol. The van der Waals surface area contributed by atoms with E-state index in [2.05, 4.69) is 5.10 Å². The van der Waals surface area contributed by atoms with E-state index in [0.29, 0.717) is 5.90 Å². The second-order valence-electron chi connectivity index (χ2n) is 7.59. The highest BCUT2D eigenvalue weighted by Crippen LogP contribution is 2.33. The van der Waals surface area contributed by atoms with Gasteiger partial charge in [-0.2, -0.15) is 5.01 Å². The highest BCUT2D eigenvalue weighted by molar-refractivity contribution is 6.08. The molecular weight excluding hydrogens is 386 g/mol. The zero-order valence-electron chi connectivity index (χ0n) is 17.3. The van der Waals surface area contributed by atoms with Crippen molar-refractivity contribution in [3.8, 4) is 11.3 Å². The Kier molecular flexibility index (Phi) is 4.71. The Morgan fingerprint density at radius 1 is 0.935 bits per heavy atom. The zero-order valence-corrected chi connectivity index (χ0v) is 17.3. The fourth-order valence-electron chi connectivity index (χ4n) is 3.82. The maximum atomic E-state index is 12.4. The van der Waals surface area contributed by atoms with Gasteiger partial charge in [0.15, 0.2) is 0 Å². The summed E-state index contributed by atoms with van der Waals surface area (Å²) in [7, 11) is 0. The van der Waals surface area contributed by atoms with Gasteiger partial charge >= 0.3 is 0 Å². The summed E-state index contributed by atoms with van der Waals surface area (Å²) in [4.78, 5) is 17.2. The summed E-state index contributed by atoms with van der Waals surface area (Å²) in [6.45, 7) is 3.51. The molecule has 0 aliphatic carbocycles. The van der Waals surface area contributed by atoms with Crippen LogP contribution in [0.5, 0.6) is 0 Å². The van der Waals surface area contributed by atoms with Crippen LogP contribution in [0.1, 0.15) is 29.8 Å². The van der Waals surface area contributed by atoms with Gasteiger partial charge in [0, 0.05) is 29.0 Å². The Hall–Kier alpha value is -3.99. The number of para-hydroxylation sites is 1. The Morgan fingerprint density at radius 2 is 1.71 bits per heavy atom. The number of aryl methyl sites for hydroxylation is 1. The van der Waals surface area contributed by atoms with Crippen LogP contribution in [-0.4, -0.2) is 21.8 Å². The molecule has 0 bridgehead atoms. The second-order valence-corrected chi connectivity index (χ2v) is 7.59. The number of rotatable bonds is 3. The van der Waals surface area contributed by atoms with Crippen molar-refractivity contribution >= 4 is 22.7 Å². The predicted octanol–water partition coefficient (Wildman–Crippen LogP) is 5.45. The lowest BCUT2D eigenvalue weighted by Crippen LogP contribution is -2.25. The third-order valence-corrected chi connectivity index (χ3v) is 5.31. The van der Waals surface area contributed by atoms with Crippen LogP contribution in [0.2, 0.25) is 0 Å². The van der Waals surface area contributed by atoms with Gasteiger partial charge < -0.3 is 4.74 Å². The summed E-state index contributed by atoms with van der Waals surface area (Å²) >= 11 is 0. The van der Waals surface area contributed by atoms with Crippen LogP contribution < -0.4 is 0 Å². The molecule has 0 saturated carbocycles. The minimum Gasteiger partial charge on any atom is -0.446 e. The zero-order chi connectivity index (χ0) is 21.4. The number of fused-ring (bicyclic) bond motifs is 1. The molecule has 0 saturated heterocycles. The van der Waals surface area contributed by atoms with Crippen molar-refractivity contribution in [2.24, 2.45) is 5.10 Å². The first-order valence-electron chi connectivity index (χ1n) is 10.2. The first kappa shape index (κ1) is 19.0. The van der Waals surface area contributed by atoms with Crippen molar-refractivity contribution in [2.45, 2.75) is 20.1 Å². The first-order valence-corrected chi connectivity index (χ1v) is 10.2. The number of aromatic nitrogens is 1. The molecule has 4 aromatic rings. The number of pyridine rings is 1. The number of benzene rings is 3. The van der Waals surface area contributed by atoms with Crippen molar-refractivity contribution < 1.29 is 9.53 Å². The van der Waals surface area contributed by atoms with Gasteiger partial charge in [0.05, 0.1) is 11.2 Å². The number of hydrogen-bond donors (Lipinski definition) is 0. The molecule has 0 spiro atoms. The highest BCUT2D eigenvalue weighted by Gasteiger charge is 2.34. The van der Waals surface area contributed by atoms with Gasteiger partial charge in [0.25, 0.3) is 0 Å². The molecule has 0 radical (unpaired) electrons. The van der Waals surface area contributed by atoms with Gasteiger partial charge in [-0.05, 0) is 19.1 Å². The van der Waals surface area contributed by atoms with Crippen LogP contribution in [0.15, 0.2) is 90.0 Å². The molecule has 31 heavy (non-hydrogen) atoms. The molecule has 1 aliphatic heterocycles. The first-order chi connectivity index (χ1) is 15.1. The lowest BCUT2D eigenvalue weighted by atomic mass is 10.0. The van der Waals surface area contributed by atoms with E-state index in [1.165, 1.54) is 11.9 Å². The lowest BCUT2D eigenvalue weighted by Gasteiger charge is -2.19. The summed E-state index contributed by atoms with van der Waals surface area (Å²) < 4.78 is 6.29. The summed E-state index contributed by atoms with van der Waals surface area (Å²) in [6.07, 6.45) is -0.598. The molecule has 1 atom stereocenters. The molecule has 2 heterocycles. The Bertz CT molecular complexity index is 1310. The molecule has 1 aromatic heterocycles. The molecule has 1 aliphatic rings. The third-order valence-electron chi connectivity index (χ3n) is 5.31. The molecule has 1 amide bonds. The predicted molar refractivity (Wildman–Crippen MR) is 121 cm³/mol. The summed E-state index contributed by atoms with van der Waals surface area (Å²) in [6, 6.07) is 27.8. The van der Waals surface area contributed by atoms with E-state index in [-0.39, 0.29) is 5.91 Å². The van der Waals surface area contributed by atoms with Crippen molar-refractivity contribution in [3.63, 3.8) is 0 Å². The van der Waals surface area contributed by atoms with Crippen LogP contribution in [-0.2, 0) is 9.53 Å². The highest BCUT2D eigenvalue weighted by atomic mass is 16.5. The molecule has 152 valence electrons. The van der Waals surface area contributed by atoms with Crippen LogP contribution in [0.3, 0.4) is 0 Å². The van der Waals surface area contributed by atoms with Crippen LogP contribution >= 0.6 is 0 Å². The Balaban J connectivity index is 1.65. The van der Waals surface area contributed by atoms with Gasteiger partial charge in [-0.3, -0.25) is 4.79 Å². The summed E-state index contributed by atoms with van der Waals surface area (Å²) in [5.74, 6) is 0.237. The fraction of sp³-hybridized carbons (Fsp3) is 0.115. The molecule has 5 nitrogen and oxygen atoms in total. The average Bonchev–Trinajstić information content (AvgIpc) is 3.25. The summed E-state index contributed by atoms with van der Waals surface area (Å²) in [5, 5.41) is 6.91. The number of carbonyl (C=O) groups excluding carboxylic acids is 1. The van der Waals surface area contributed by atoms with Crippen LogP contribution in [0.25, 0.3) is 22.2 Å². The van der Waals surface area contributed by atoms with E-state index < -0.39 is 6.23 Å². The van der Waals surface area contributed by atoms with Gasteiger partial charge in [-0.1, -0.05) is 78.4 Å². The number of amides is 1. The largest absolute Gasteiger partial charge is 0.446 e. The number of hydrogen-bond acceptors (Lipinski definition) is 4. The number of ether oxygens (including phenoxy) is 1. The molecule has 1 unspecified atom stereocenters. The third kappa shape index (κ3) is 3.55. The smallest absolute Gasteiger partial charge is 0.243 e. The van der Waals surface area contributed by atoms with Crippen molar-refractivity contribution in [1.82, 2.24) is 9.99 Å². The molecule has 3 aromatic carbocycles. The van der Waals surface area contributed by atoms with E-state index in [0.717, 1.165) is 38.9 Å². The molecule has 5 rings (SSSR count).